The molecule has 0 saturated heterocycles. The van der Waals surface area contributed by atoms with Gasteiger partial charge in [0.15, 0.2) is 0 Å². The normalized spacial score (nSPS) is 18.2. The van der Waals surface area contributed by atoms with E-state index in [1.54, 1.807) is 6.20 Å². The van der Waals surface area contributed by atoms with Crippen molar-refractivity contribution in [3.63, 3.8) is 0 Å². The van der Waals surface area contributed by atoms with E-state index in [0.717, 1.165) is 11.4 Å². The number of aliphatic imine (C=N–C) groups is 1. The van der Waals surface area contributed by atoms with Gasteiger partial charge < -0.3 is 10.1 Å². The summed E-state index contributed by atoms with van der Waals surface area (Å²) in [5, 5.41) is 2.97. The Morgan fingerprint density at radius 1 is 1.40 bits per heavy atom. The molecule has 0 aromatic carbocycles. The van der Waals surface area contributed by atoms with Crippen molar-refractivity contribution in [1.82, 2.24) is 4.98 Å². The zero-order chi connectivity index (χ0) is 10.9. The number of hydrogen-bond acceptors (Lipinski definition) is 4. The Morgan fingerprint density at radius 2 is 2.20 bits per heavy atom. The smallest absolute Gasteiger partial charge is 0.218 e. The van der Waals surface area contributed by atoms with E-state index >= 15 is 0 Å². The zero-order valence-electron chi connectivity index (χ0n) is 9.24. The van der Waals surface area contributed by atoms with E-state index in [0.29, 0.717) is 12.5 Å². The maximum atomic E-state index is 5.52. The fraction of sp³-hybridized carbons (Fsp3) is 0.455. The zero-order valence-corrected chi connectivity index (χ0v) is 9.24. The van der Waals surface area contributed by atoms with Gasteiger partial charge in [-0.05, 0) is 26.0 Å². The highest BCUT2D eigenvalue weighted by Crippen LogP contribution is 2.20. The van der Waals surface area contributed by atoms with Crippen molar-refractivity contribution >= 4 is 11.7 Å². The van der Waals surface area contributed by atoms with Crippen molar-refractivity contribution in [2.24, 2.45) is 4.99 Å². The number of ether oxygens (including phenoxy) is 1. The van der Waals surface area contributed by atoms with Gasteiger partial charge in [0.1, 0.15) is 12.4 Å². The van der Waals surface area contributed by atoms with E-state index in [4.69, 9.17) is 4.74 Å². The third-order valence-corrected chi connectivity index (χ3v) is 2.23. The quantitative estimate of drug-likeness (QED) is 0.799. The summed E-state index contributed by atoms with van der Waals surface area (Å²) < 4.78 is 5.52. The molecule has 0 amide bonds. The number of nitrogens with one attached hydrogen (secondary N) is 1. The van der Waals surface area contributed by atoms with Crippen molar-refractivity contribution in [3.05, 3.63) is 23.9 Å². The summed E-state index contributed by atoms with van der Waals surface area (Å²) in [6.45, 7) is 4.74. The molecule has 0 spiro atoms. The summed E-state index contributed by atoms with van der Waals surface area (Å²) in [6.07, 6.45) is 1.77. The van der Waals surface area contributed by atoms with Gasteiger partial charge in [-0.15, -0.1) is 0 Å². The van der Waals surface area contributed by atoms with Gasteiger partial charge >= 0.3 is 0 Å². The Labute approximate surface area is 89.4 Å². The van der Waals surface area contributed by atoms with Gasteiger partial charge in [0.2, 0.25) is 5.90 Å². The number of pyridine rings is 1. The van der Waals surface area contributed by atoms with Gasteiger partial charge in [0.25, 0.3) is 0 Å². The second-order valence-corrected chi connectivity index (χ2v) is 4.20. The van der Waals surface area contributed by atoms with E-state index in [1.807, 2.05) is 19.2 Å². The summed E-state index contributed by atoms with van der Waals surface area (Å²) in [5.74, 6) is 1.53. The molecule has 1 aliphatic rings. The van der Waals surface area contributed by atoms with E-state index < -0.39 is 0 Å². The summed E-state index contributed by atoms with van der Waals surface area (Å²) in [7, 11) is 1.84. The Hall–Kier alpha value is -1.58. The maximum Gasteiger partial charge on any atom is 0.218 e. The summed E-state index contributed by atoms with van der Waals surface area (Å²) >= 11 is 0. The van der Waals surface area contributed by atoms with Crippen molar-refractivity contribution in [2.75, 3.05) is 19.0 Å². The van der Waals surface area contributed by atoms with E-state index in [9.17, 15) is 0 Å². The Kier molecular flexibility index (Phi) is 2.34. The maximum absolute atomic E-state index is 5.52. The average Bonchev–Trinajstić information content (AvgIpc) is 2.59. The van der Waals surface area contributed by atoms with Crippen LogP contribution in [0.15, 0.2) is 23.3 Å². The second-order valence-electron chi connectivity index (χ2n) is 4.20. The number of hydrogen-bond donors (Lipinski definition) is 1. The fourth-order valence-corrected chi connectivity index (χ4v) is 1.40. The van der Waals surface area contributed by atoms with Crippen LogP contribution in [0, 0.1) is 0 Å². The lowest BCUT2D eigenvalue weighted by Crippen LogP contribution is -2.17. The number of nitrogens with zero attached hydrogens (tertiary/aromatic N) is 2. The van der Waals surface area contributed by atoms with Crippen LogP contribution in [-0.4, -0.2) is 30.1 Å². The third-order valence-electron chi connectivity index (χ3n) is 2.23. The Morgan fingerprint density at radius 3 is 2.67 bits per heavy atom. The summed E-state index contributed by atoms with van der Waals surface area (Å²) in [4.78, 5) is 8.70. The first-order valence-electron chi connectivity index (χ1n) is 4.97. The molecular weight excluding hydrogens is 190 g/mol. The molecule has 4 nitrogen and oxygen atoms in total. The van der Waals surface area contributed by atoms with Crippen LogP contribution in [-0.2, 0) is 4.74 Å². The number of anilines is 1. The van der Waals surface area contributed by atoms with E-state index in [2.05, 4.69) is 29.1 Å². The van der Waals surface area contributed by atoms with Gasteiger partial charge in [-0.25, -0.2) is 9.98 Å². The molecule has 2 rings (SSSR count). The first kappa shape index (κ1) is 9.96. The van der Waals surface area contributed by atoms with Crippen LogP contribution in [0.25, 0.3) is 0 Å². The highest BCUT2D eigenvalue weighted by molar-refractivity contribution is 5.95. The van der Waals surface area contributed by atoms with Gasteiger partial charge in [-0.2, -0.15) is 0 Å². The average molecular weight is 205 g/mol. The predicted octanol–water partition coefficient (Wildman–Crippen LogP) is 1.68. The minimum Gasteiger partial charge on any atom is -0.475 e. The van der Waals surface area contributed by atoms with Crippen LogP contribution >= 0.6 is 0 Å². The SMILES string of the molecule is CNc1ccc(C2=NC(C)(C)CO2)cn1. The van der Waals surface area contributed by atoms with Crippen LogP contribution < -0.4 is 5.32 Å². The van der Waals surface area contributed by atoms with E-state index in [-0.39, 0.29) is 5.54 Å². The molecule has 0 bridgehead atoms. The van der Waals surface area contributed by atoms with Gasteiger partial charge in [0.05, 0.1) is 11.1 Å². The van der Waals surface area contributed by atoms with Gasteiger partial charge in [-0.3, -0.25) is 0 Å². The molecule has 0 saturated carbocycles. The van der Waals surface area contributed by atoms with E-state index in [1.165, 1.54) is 0 Å². The van der Waals surface area contributed by atoms with Gasteiger partial charge in [0, 0.05) is 13.2 Å². The molecule has 1 N–H and O–H groups in total. The van der Waals surface area contributed by atoms with Crippen LogP contribution in [0.2, 0.25) is 0 Å². The van der Waals surface area contributed by atoms with Crippen molar-refractivity contribution in [3.8, 4) is 0 Å². The third kappa shape index (κ3) is 2.09. The molecule has 0 fully saturated rings. The Balaban J connectivity index is 2.24. The largest absolute Gasteiger partial charge is 0.475 e. The molecule has 1 aromatic rings. The monoisotopic (exact) mass is 205 g/mol. The number of aromatic nitrogens is 1. The fourth-order valence-electron chi connectivity index (χ4n) is 1.40. The predicted molar refractivity (Wildman–Crippen MR) is 60.4 cm³/mol. The van der Waals surface area contributed by atoms with Crippen LogP contribution in [0.4, 0.5) is 5.82 Å². The minimum absolute atomic E-state index is 0.114. The Bertz CT molecular complexity index is 381. The molecule has 0 aliphatic carbocycles. The molecule has 1 aromatic heterocycles. The molecule has 4 heteroatoms. The first-order valence-corrected chi connectivity index (χ1v) is 4.97. The minimum atomic E-state index is -0.114. The molecule has 0 radical (unpaired) electrons. The molecule has 0 atom stereocenters. The molecule has 80 valence electrons. The summed E-state index contributed by atoms with van der Waals surface area (Å²) in [5.41, 5.74) is 0.816. The van der Waals surface area contributed by atoms with Crippen LogP contribution in [0.3, 0.4) is 0 Å². The summed E-state index contributed by atoms with van der Waals surface area (Å²) in [6, 6.07) is 3.87. The lowest BCUT2D eigenvalue weighted by atomic mass is 10.1. The number of rotatable bonds is 2. The second kappa shape index (κ2) is 3.53. The van der Waals surface area contributed by atoms with Crippen LogP contribution in [0.5, 0.6) is 0 Å². The van der Waals surface area contributed by atoms with Crippen molar-refractivity contribution < 1.29 is 4.74 Å². The standard InChI is InChI=1S/C11H15N3O/c1-11(2)7-15-10(14-11)8-4-5-9(12-3)13-6-8/h4-6H,7H2,1-3H3,(H,12,13). The van der Waals surface area contributed by atoms with Crippen molar-refractivity contribution in [2.45, 2.75) is 19.4 Å². The molecule has 15 heavy (non-hydrogen) atoms. The lowest BCUT2D eigenvalue weighted by Gasteiger charge is -2.07. The molecule has 1 aliphatic heterocycles. The molecule has 0 unspecified atom stereocenters. The topological polar surface area (TPSA) is 46.5 Å². The van der Waals surface area contributed by atoms with Gasteiger partial charge in [-0.1, -0.05) is 0 Å². The highest BCUT2D eigenvalue weighted by atomic mass is 16.5. The van der Waals surface area contributed by atoms with Crippen LogP contribution in [0.1, 0.15) is 19.4 Å². The highest BCUT2D eigenvalue weighted by Gasteiger charge is 2.26. The molecule has 2 heterocycles. The lowest BCUT2D eigenvalue weighted by molar-refractivity contribution is 0.279. The first-order chi connectivity index (χ1) is 7.11. The van der Waals surface area contributed by atoms with Crippen molar-refractivity contribution in [1.29, 1.82) is 0 Å². The molecular formula is C11H15N3O.